The first kappa shape index (κ1) is 16.4. The molecule has 1 saturated heterocycles. The van der Waals surface area contributed by atoms with Gasteiger partial charge in [0.05, 0.1) is 6.20 Å². The normalized spacial score (nSPS) is 18.7. The number of hydrogen-bond donors (Lipinski definition) is 1. The number of nitrogens with zero attached hydrogens (tertiary/aromatic N) is 4. The molecular weight excluding hydrogens is 314 g/mol. The van der Waals surface area contributed by atoms with Gasteiger partial charge in [0.2, 0.25) is 5.91 Å². The minimum absolute atomic E-state index is 0.344. The molecule has 1 aliphatic carbocycles. The van der Waals surface area contributed by atoms with E-state index in [4.69, 9.17) is 0 Å². The predicted octanol–water partition coefficient (Wildman–Crippen LogP) is 2.74. The van der Waals surface area contributed by atoms with E-state index in [9.17, 15) is 4.79 Å². The molecule has 4 rings (SSSR count). The van der Waals surface area contributed by atoms with Crippen LogP contribution >= 0.6 is 0 Å². The van der Waals surface area contributed by atoms with E-state index in [0.29, 0.717) is 17.7 Å². The van der Waals surface area contributed by atoms with Crippen molar-refractivity contribution in [1.29, 1.82) is 0 Å². The summed E-state index contributed by atoms with van der Waals surface area (Å²) < 4.78 is 1.88. The highest BCUT2D eigenvalue weighted by atomic mass is 16.2. The van der Waals surface area contributed by atoms with E-state index in [2.05, 4.69) is 33.3 Å². The van der Waals surface area contributed by atoms with E-state index < -0.39 is 0 Å². The smallest absolute Gasteiger partial charge is 0.225 e. The maximum absolute atomic E-state index is 12.2. The molecule has 2 aliphatic rings. The van der Waals surface area contributed by atoms with Crippen LogP contribution in [0.15, 0.2) is 18.3 Å². The highest BCUT2D eigenvalue weighted by molar-refractivity contribution is 5.81. The predicted molar refractivity (Wildman–Crippen MR) is 97.5 cm³/mol. The van der Waals surface area contributed by atoms with Crippen molar-refractivity contribution in [3.05, 3.63) is 24.0 Å². The summed E-state index contributed by atoms with van der Waals surface area (Å²) in [6, 6.07) is 4.07. The lowest BCUT2D eigenvalue weighted by Gasteiger charge is -2.32. The summed E-state index contributed by atoms with van der Waals surface area (Å²) in [4.78, 5) is 18.9. The molecular formula is C19H27N5O. The summed E-state index contributed by atoms with van der Waals surface area (Å²) in [5, 5.41) is 7.96. The van der Waals surface area contributed by atoms with Crippen molar-refractivity contribution < 1.29 is 4.79 Å². The van der Waals surface area contributed by atoms with E-state index in [1.54, 1.807) is 6.20 Å². The highest BCUT2D eigenvalue weighted by Crippen LogP contribution is 2.32. The van der Waals surface area contributed by atoms with Crippen LogP contribution in [-0.2, 0) is 11.2 Å². The summed E-state index contributed by atoms with van der Waals surface area (Å²) in [7, 11) is 0. The summed E-state index contributed by atoms with van der Waals surface area (Å²) in [6.45, 7) is 4.93. The Labute approximate surface area is 148 Å². The number of carbonyl (C=O) groups is 1. The van der Waals surface area contributed by atoms with E-state index in [0.717, 1.165) is 75.3 Å². The highest BCUT2D eigenvalue weighted by Gasteiger charge is 2.34. The van der Waals surface area contributed by atoms with Gasteiger partial charge in [-0.05, 0) is 38.0 Å². The number of aromatic nitrogens is 3. The van der Waals surface area contributed by atoms with Gasteiger partial charge in [-0.1, -0.05) is 13.3 Å². The molecule has 0 radical (unpaired) electrons. The fourth-order valence-electron chi connectivity index (χ4n) is 3.67. The van der Waals surface area contributed by atoms with Crippen LogP contribution in [0.5, 0.6) is 0 Å². The molecule has 2 aromatic rings. The molecule has 1 N–H and O–H groups in total. The van der Waals surface area contributed by atoms with Crippen molar-refractivity contribution in [2.45, 2.75) is 45.4 Å². The third kappa shape index (κ3) is 3.62. The number of amides is 1. The average molecular weight is 341 g/mol. The Hall–Kier alpha value is -2.11. The fraction of sp³-hybridized carbons (Fsp3) is 0.632. The van der Waals surface area contributed by atoms with E-state index in [-0.39, 0.29) is 0 Å². The monoisotopic (exact) mass is 341 g/mol. The quantitative estimate of drug-likeness (QED) is 0.877. The first-order valence-electron chi connectivity index (χ1n) is 9.61. The van der Waals surface area contributed by atoms with Gasteiger partial charge < -0.3 is 10.2 Å². The number of anilines is 1. The van der Waals surface area contributed by atoms with Gasteiger partial charge in [0.1, 0.15) is 5.82 Å². The fourth-order valence-corrected chi connectivity index (χ4v) is 3.67. The number of fused-ring (bicyclic) bond motifs is 1. The van der Waals surface area contributed by atoms with Crippen molar-refractivity contribution in [3.63, 3.8) is 0 Å². The Kier molecular flexibility index (Phi) is 4.59. The molecule has 0 atom stereocenters. The first-order valence-corrected chi connectivity index (χ1v) is 9.61. The maximum Gasteiger partial charge on any atom is 0.225 e. The van der Waals surface area contributed by atoms with Crippen LogP contribution in [-0.4, -0.2) is 45.0 Å². The molecule has 1 amide bonds. The van der Waals surface area contributed by atoms with Gasteiger partial charge >= 0.3 is 0 Å². The largest absolute Gasteiger partial charge is 0.370 e. The molecule has 134 valence electrons. The molecule has 1 aliphatic heterocycles. The minimum Gasteiger partial charge on any atom is -0.370 e. The molecule has 2 fully saturated rings. The van der Waals surface area contributed by atoms with Crippen LogP contribution in [0.4, 0.5) is 5.82 Å². The van der Waals surface area contributed by atoms with Crippen LogP contribution in [0.3, 0.4) is 0 Å². The molecule has 2 aromatic heterocycles. The van der Waals surface area contributed by atoms with Gasteiger partial charge in [0, 0.05) is 43.4 Å². The summed E-state index contributed by atoms with van der Waals surface area (Å²) >= 11 is 0. The van der Waals surface area contributed by atoms with Crippen LogP contribution < -0.4 is 5.32 Å². The van der Waals surface area contributed by atoms with Crippen molar-refractivity contribution in [1.82, 2.24) is 19.5 Å². The van der Waals surface area contributed by atoms with Crippen LogP contribution in [0.1, 0.15) is 44.7 Å². The number of carbonyl (C=O) groups excluding carboxylic acids is 1. The SMILES string of the molecule is CCCc1cc(NCC2CCN(C(=O)C3CC3)CC2)n2nccc2n1. The molecule has 3 heterocycles. The second-order valence-electron chi connectivity index (χ2n) is 7.41. The second-order valence-corrected chi connectivity index (χ2v) is 7.41. The van der Waals surface area contributed by atoms with Crippen LogP contribution in [0.2, 0.25) is 0 Å². The Bertz CT molecular complexity index is 743. The Balaban J connectivity index is 1.36. The van der Waals surface area contributed by atoms with Crippen LogP contribution in [0.25, 0.3) is 5.65 Å². The van der Waals surface area contributed by atoms with E-state index in [1.165, 1.54) is 0 Å². The van der Waals surface area contributed by atoms with Crippen molar-refractivity contribution >= 4 is 17.4 Å². The molecule has 0 bridgehead atoms. The zero-order valence-electron chi connectivity index (χ0n) is 14.9. The minimum atomic E-state index is 0.344. The zero-order chi connectivity index (χ0) is 17.2. The lowest BCUT2D eigenvalue weighted by molar-refractivity contribution is -0.133. The standard InChI is InChI=1S/C19H27N5O/c1-2-3-16-12-18(24-17(22-16)6-9-21-24)20-13-14-7-10-23(11-8-14)19(25)15-4-5-15/h6,9,12,14-15,20H,2-5,7-8,10-11,13H2,1H3. The summed E-state index contributed by atoms with van der Waals surface area (Å²) in [6.07, 6.45) is 8.24. The topological polar surface area (TPSA) is 62.5 Å². The molecule has 25 heavy (non-hydrogen) atoms. The second kappa shape index (κ2) is 7.02. The van der Waals surface area contributed by atoms with Gasteiger partial charge in [-0.15, -0.1) is 0 Å². The lowest BCUT2D eigenvalue weighted by Crippen LogP contribution is -2.40. The third-order valence-corrected chi connectivity index (χ3v) is 5.34. The van der Waals surface area contributed by atoms with Gasteiger partial charge in [0.15, 0.2) is 5.65 Å². The Morgan fingerprint density at radius 3 is 2.80 bits per heavy atom. The molecule has 0 unspecified atom stereocenters. The summed E-state index contributed by atoms with van der Waals surface area (Å²) in [5.41, 5.74) is 2.01. The number of rotatable bonds is 6. The Morgan fingerprint density at radius 2 is 2.08 bits per heavy atom. The number of likely N-dealkylation sites (tertiary alicyclic amines) is 1. The Morgan fingerprint density at radius 1 is 1.28 bits per heavy atom. The number of aryl methyl sites for hydroxylation is 1. The van der Waals surface area contributed by atoms with Crippen molar-refractivity contribution in [2.75, 3.05) is 25.0 Å². The first-order chi connectivity index (χ1) is 12.2. The average Bonchev–Trinajstić information content (AvgIpc) is 3.37. The molecule has 1 saturated carbocycles. The summed E-state index contributed by atoms with van der Waals surface area (Å²) in [5.74, 6) is 2.37. The zero-order valence-corrected chi connectivity index (χ0v) is 14.9. The number of hydrogen-bond acceptors (Lipinski definition) is 4. The van der Waals surface area contributed by atoms with Gasteiger partial charge in [-0.25, -0.2) is 4.98 Å². The molecule has 0 aromatic carbocycles. The van der Waals surface area contributed by atoms with Gasteiger partial charge in [-0.2, -0.15) is 9.61 Å². The molecule has 6 heteroatoms. The number of nitrogens with one attached hydrogen (secondary N) is 1. The molecule has 0 spiro atoms. The van der Waals surface area contributed by atoms with Gasteiger partial charge in [-0.3, -0.25) is 4.79 Å². The van der Waals surface area contributed by atoms with Crippen molar-refractivity contribution in [2.24, 2.45) is 11.8 Å². The third-order valence-electron chi connectivity index (χ3n) is 5.34. The van der Waals surface area contributed by atoms with E-state index in [1.807, 2.05) is 10.6 Å². The number of piperidine rings is 1. The maximum atomic E-state index is 12.2. The van der Waals surface area contributed by atoms with Gasteiger partial charge in [0.25, 0.3) is 0 Å². The van der Waals surface area contributed by atoms with Crippen LogP contribution in [0, 0.1) is 11.8 Å². The van der Waals surface area contributed by atoms with E-state index >= 15 is 0 Å². The lowest BCUT2D eigenvalue weighted by atomic mass is 9.96. The van der Waals surface area contributed by atoms with Crippen molar-refractivity contribution in [3.8, 4) is 0 Å². The molecule has 6 nitrogen and oxygen atoms in total.